The van der Waals surface area contributed by atoms with Gasteiger partial charge < -0.3 is 15.6 Å². The molecule has 1 aromatic carbocycles. The Morgan fingerprint density at radius 3 is 2.79 bits per heavy atom. The number of aliphatic hydroxyl groups excluding tert-OH is 1. The van der Waals surface area contributed by atoms with Crippen LogP contribution in [-0.4, -0.2) is 27.4 Å². The van der Waals surface area contributed by atoms with Gasteiger partial charge in [0.15, 0.2) is 5.75 Å². The van der Waals surface area contributed by atoms with Crippen LogP contribution in [0.25, 0.3) is 16.7 Å². The number of ether oxygens (including phenoxy) is 1. The summed E-state index contributed by atoms with van der Waals surface area (Å²) < 4.78 is 20.8. The van der Waals surface area contributed by atoms with E-state index in [1.54, 1.807) is 29.8 Å². The van der Waals surface area contributed by atoms with Crippen molar-refractivity contribution in [3.05, 3.63) is 75.5 Å². The molecule has 3 heterocycles. The standard InChI is InChI=1S/C21H20FN3O3/c1-11-17(12(2)23)21(27)25-9-16(10-26)28-20-14(8-24-18(11)19(20)25)7-13-3-5-15(22)6-4-13/h3-6,8,16,26H,2,7,9-10,23H2,1H3. The smallest absolute Gasteiger partial charge is 0.260 e. The summed E-state index contributed by atoms with van der Waals surface area (Å²) >= 11 is 0. The molecule has 0 bridgehead atoms. The molecule has 7 heteroatoms. The van der Waals surface area contributed by atoms with E-state index in [-0.39, 0.29) is 30.2 Å². The van der Waals surface area contributed by atoms with E-state index in [4.69, 9.17) is 10.5 Å². The Morgan fingerprint density at radius 2 is 2.14 bits per heavy atom. The van der Waals surface area contributed by atoms with Gasteiger partial charge in [-0.3, -0.25) is 14.3 Å². The highest BCUT2D eigenvalue weighted by atomic mass is 19.1. The zero-order chi connectivity index (χ0) is 20.0. The van der Waals surface area contributed by atoms with E-state index in [0.29, 0.717) is 34.3 Å². The van der Waals surface area contributed by atoms with E-state index >= 15 is 0 Å². The SMILES string of the molecule is C=C(N)c1c(C)c2ncc(Cc3ccc(F)cc3)c3c2n(c1=O)CC(CO)O3. The third kappa shape index (κ3) is 2.84. The lowest BCUT2D eigenvalue weighted by atomic mass is 10.0. The van der Waals surface area contributed by atoms with Crippen LogP contribution >= 0.6 is 0 Å². The number of pyridine rings is 2. The van der Waals surface area contributed by atoms with Gasteiger partial charge in [-0.2, -0.15) is 0 Å². The molecule has 3 N–H and O–H groups in total. The fraction of sp³-hybridized carbons (Fsp3) is 0.238. The second-order valence-electron chi connectivity index (χ2n) is 6.98. The van der Waals surface area contributed by atoms with Crippen molar-refractivity contribution < 1.29 is 14.2 Å². The van der Waals surface area contributed by atoms with Crippen molar-refractivity contribution >= 4 is 16.7 Å². The molecule has 2 aromatic heterocycles. The Balaban J connectivity index is 1.97. The average Bonchev–Trinajstić information content (AvgIpc) is 2.68. The molecule has 3 aromatic rings. The first-order valence-electron chi connectivity index (χ1n) is 8.92. The van der Waals surface area contributed by atoms with Crippen LogP contribution in [0.15, 0.2) is 41.8 Å². The molecule has 1 aliphatic rings. The van der Waals surface area contributed by atoms with Gasteiger partial charge in [-0.25, -0.2) is 4.39 Å². The van der Waals surface area contributed by atoms with Crippen LogP contribution in [0.2, 0.25) is 0 Å². The van der Waals surface area contributed by atoms with Gasteiger partial charge in [0.1, 0.15) is 17.4 Å². The number of benzene rings is 1. The number of hydrogen-bond acceptors (Lipinski definition) is 5. The molecule has 0 aliphatic carbocycles. The highest BCUT2D eigenvalue weighted by Gasteiger charge is 2.28. The number of hydrogen-bond donors (Lipinski definition) is 2. The van der Waals surface area contributed by atoms with Crippen molar-refractivity contribution in [2.75, 3.05) is 6.61 Å². The number of aromatic nitrogens is 2. The molecule has 0 saturated carbocycles. The summed E-state index contributed by atoms with van der Waals surface area (Å²) in [7, 11) is 0. The van der Waals surface area contributed by atoms with Crippen LogP contribution in [0, 0.1) is 12.7 Å². The second-order valence-corrected chi connectivity index (χ2v) is 6.98. The van der Waals surface area contributed by atoms with E-state index < -0.39 is 6.10 Å². The van der Waals surface area contributed by atoms with Crippen molar-refractivity contribution in [3.8, 4) is 5.75 Å². The number of halogens is 1. The number of aliphatic hydroxyl groups is 1. The summed E-state index contributed by atoms with van der Waals surface area (Å²) in [5, 5.41) is 9.67. The van der Waals surface area contributed by atoms with Gasteiger partial charge in [0, 0.05) is 23.9 Å². The van der Waals surface area contributed by atoms with Gasteiger partial charge in [-0.05, 0) is 30.2 Å². The summed E-state index contributed by atoms with van der Waals surface area (Å²) in [6.07, 6.45) is 1.57. The van der Waals surface area contributed by atoms with Crippen molar-refractivity contribution in [3.63, 3.8) is 0 Å². The molecule has 4 rings (SSSR count). The third-order valence-corrected chi connectivity index (χ3v) is 5.04. The topological polar surface area (TPSA) is 90.4 Å². The molecule has 28 heavy (non-hydrogen) atoms. The fourth-order valence-corrected chi connectivity index (χ4v) is 3.70. The maximum absolute atomic E-state index is 13.2. The Labute approximate surface area is 160 Å². The van der Waals surface area contributed by atoms with E-state index in [9.17, 15) is 14.3 Å². The molecule has 0 saturated heterocycles. The molecule has 0 spiro atoms. The number of rotatable bonds is 4. The Kier molecular flexibility index (Phi) is 4.39. The number of aryl methyl sites for hydroxylation is 1. The quantitative estimate of drug-likeness (QED) is 0.722. The van der Waals surface area contributed by atoms with Gasteiger partial charge in [0.25, 0.3) is 5.56 Å². The van der Waals surface area contributed by atoms with E-state index in [2.05, 4.69) is 11.6 Å². The predicted octanol–water partition coefficient (Wildman–Crippen LogP) is 2.12. The lowest BCUT2D eigenvalue weighted by Gasteiger charge is -2.29. The summed E-state index contributed by atoms with van der Waals surface area (Å²) in [5.41, 5.74) is 9.55. The molecular weight excluding hydrogens is 361 g/mol. The van der Waals surface area contributed by atoms with Gasteiger partial charge in [-0.1, -0.05) is 18.7 Å². The summed E-state index contributed by atoms with van der Waals surface area (Å²) in [6.45, 7) is 5.45. The number of nitrogens with two attached hydrogens (primary N) is 1. The predicted molar refractivity (Wildman–Crippen MR) is 105 cm³/mol. The zero-order valence-electron chi connectivity index (χ0n) is 15.4. The summed E-state index contributed by atoms with van der Waals surface area (Å²) in [4.78, 5) is 17.6. The van der Waals surface area contributed by atoms with E-state index in [0.717, 1.165) is 11.1 Å². The molecule has 0 radical (unpaired) electrons. The lowest BCUT2D eigenvalue weighted by Crippen LogP contribution is -2.38. The zero-order valence-corrected chi connectivity index (χ0v) is 15.4. The minimum absolute atomic E-state index is 0.180. The molecule has 0 fully saturated rings. The molecule has 1 aliphatic heterocycles. The first-order chi connectivity index (χ1) is 13.4. The lowest BCUT2D eigenvalue weighted by molar-refractivity contribution is 0.0934. The highest BCUT2D eigenvalue weighted by molar-refractivity contribution is 5.89. The van der Waals surface area contributed by atoms with Crippen LogP contribution in [0.3, 0.4) is 0 Å². The van der Waals surface area contributed by atoms with Crippen LogP contribution < -0.4 is 16.0 Å². The monoisotopic (exact) mass is 381 g/mol. The largest absolute Gasteiger partial charge is 0.484 e. The van der Waals surface area contributed by atoms with Crippen LogP contribution in [0.5, 0.6) is 5.75 Å². The van der Waals surface area contributed by atoms with Crippen LogP contribution in [0.1, 0.15) is 22.3 Å². The molecule has 1 atom stereocenters. The molecule has 144 valence electrons. The third-order valence-electron chi connectivity index (χ3n) is 5.04. The first kappa shape index (κ1) is 18.2. The maximum atomic E-state index is 13.2. The van der Waals surface area contributed by atoms with Crippen molar-refractivity contribution in [1.29, 1.82) is 0 Å². The van der Waals surface area contributed by atoms with Gasteiger partial charge >= 0.3 is 0 Å². The Hall–Kier alpha value is -3.19. The Morgan fingerprint density at radius 1 is 1.43 bits per heavy atom. The van der Waals surface area contributed by atoms with Gasteiger partial charge in [0.2, 0.25) is 0 Å². The van der Waals surface area contributed by atoms with E-state index in [1.165, 1.54) is 12.1 Å². The number of nitrogens with zero attached hydrogens (tertiary/aromatic N) is 2. The average molecular weight is 381 g/mol. The Bertz CT molecular complexity index is 1150. The first-order valence-corrected chi connectivity index (χ1v) is 8.92. The fourth-order valence-electron chi connectivity index (χ4n) is 3.70. The minimum Gasteiger partial charge on any atom is -0.484 e. The summed E-state index contributed by atoms with van der Waals surface area (Å²) in [5.74, 6) is 0.200. The van der Waals surface area contributed by atoms with Gasteiger partial charge in [0.05, 0.1) is 24.2 Å². The summed E-state index contributed by atoms with van der Waals surface area (Å²) in [6, 6.07) is 6.18. The second kappa shape index (κ2) is 6.76. The van der Waals surface area contributed by atoms with Crippen LogP contribution in [0.4, 0.5) is 4.39 Å². The van der Waals surface area contributed by atoms with Crippen LogP contribution in [-0.2, 0) is 13.0 Å². The highest BCUT2D eigenvalue weighted by Crippen LogP contribution is 2.35. The van der Waals surface area contributed by atoms with Gasteiger partial charge in [-0.15, -0.1) is 0 Å². The molecule has 6 nitrogen and oxygen atoms in total. The minimum atomic E-state index is -0.565. The van der Waals surface area contributed by atoms with Crippen molar-refractivity contribution in [1.82, 2.24) is 9.55 Å². The maximum Gasteiger partial charge on any atom is 0.260 e. The molecule has 1 unspecified atom stereocenters. The van der Waals surface area contributed by atoms with E-state index in [1.807, 2.05) is 0 Å². The molecular formula is C21H20FN3O3. The molecule has 0 amide bonds. The normalized spacial score (nSPS) is 15.5. The van der Waals surface area contributed by atoms with Crippen molar-refractivity contribution in [2.45, 2.75) is 26.0 Å². The van der Waals surface area contributed by atoms with Crippen molar-refractivity contribution in [2.24, 2.45) is 5.73 Å².